The van der Waals surface area contributed by atoms with Crippen LogP contribution in [-0.2, 0) is 6.42 Å². The summed E-state index contributed by atoms with van der Waals surface area (Å²) in [6.45, 7) is 4.17. The Morgan fingerprint density at radius 2 is 2.11 bits per heavy atom. The predicted molar refractivity (Wildman–Crippen MR) is 73.7 cm³/mol. The maximum absolute atomic E-state index is 9.64. The number of rotatable bonds is 0. The van der Waals surface area contributed by atoms with Gasteiger partial charge in [-0.25, -0.2) is 0 Å². The van der Waals surface area contributed by atoms with Crippen LogP contribution in [0.1, 0.15) is 30.4 Å². The van der Waals surface area contributed by atoms with Crippen LogP contribution in [0.2, 0.25) is 0 Å². The quantitative estimate of drug-likeness (QED) is 0.663. The van der Waals surface area contributed by atoms with Crippen molar-refractivity contribution in [2.45, 2.75) is 25.7 Å². The van der Waals surface area contributed by atoms with Gasteiger partial charge in [-0.2, -0.15) is 5.26 Å². The highest BCUT2D eigenvalue weighted by Crippen LogP contribution is 2.50. The summed E-state index contributed by atoms with van der Waals surface area (Å²) in [5.74, 6) is 0.432. The lowest BCUT2D eigenvalue weighted by atomic mass is 9.69. The highest BCUT2D eigenvalue weighted by atomic mass is 14.5. The Morgan fingerprint density at radius 1 is 1.28 bits per heavy atom. The van der Waals surface area contributed by atoms with Gasteiger partial charge in [0.05, 0.1) is 11.5 Å². The Balaban J connectivity index is 2.12. The van der Waals surface area contributed by atoms with Crippen molar-refractivity contribution in [3.05, 3.63) is 53.6 Å². The van der Waals surface area contributed by atoms with Crippen molar-refractivity contribution in [1.29, 1.82) is 5.26 Å². The van der Waals surface area contributed by atoms with Crippen molar-refractivity contribution >= 4 is 6.08 Å². The number of nitriles is 1. The SMILES string of the molecule is C=C1/C=C\c2ccccc2CC2CCCC12C#N. The summed E-state index contributed by atoms with van der Waals surface area (Å²) in [7, 11) is 0. The molecule has 2 unspecified atom stereocenters. The largest absolute Gasteiger partial charge is 0.197 e. The molecular weight excluding hydrogens is 218 g/mol. The fourth-order valence-electron chi connectivity index (χ4n) is 3.48. The molecule has 2 atom stereocenters. The van der Waals surface area contributed by atoms with E-state index < -0.39 is 0 Å². The predicted octanol–water partition coefficient (Wildman–Crippen LogP) is 4.12. The molecule has 1 heteroatoms. The summed E-state index contributed by atoms with van der Waals surface area (Å²) in [5.41, 5.74) is 3.33. The van der Waals surface area contributed by atoms with Gasteiger partial charge >= 0.3 is 0 Å². The number of hydrogen-bond acceptors (Lipinski definition) is 1. The summed E-state index contributed by atoms with van der Waals surface area (Å²) >= 11 is 0. The molecule has 0 radical (unpaired) electrons. The summed E-state index contributed by atoms with van der Waals surface area (Å²) in [6.07, 6.45) is 8.44. The van der Waals surface area contributed by atoms with Crippen LogP contribution in [0.5, 0.6) is 0 Å². The topological polar surface area (TPSA) is 23.8 Å². The molecule has 1 saturated carbocycles. The summed E-state index contributed by atoms with van der Waals surface area (Å²) in [5, 5.41) is 9.64. The second-order valence-corrected chi connectivity index (χ2v) is 5.43. The maximum Gasteiger partial charge on any atom is 0.0847 e. The average molecular weight is 235 g/mol. The van der Waals surface area contributed by atoms with Crippen molar-refractivity contribution in [3.8, 4) is 6.07 Å². The lowest BCUT2D eigenvalue weighted by Gasteiger charge is -2.31. The first-order chi connectivity index (χ1) is 8.76. The molecule has 2 aliphatic rings. The molecule has 1 fully saturated rings. The van der Waals surface area contributed by atoms with Gasteiger partial charge in [0.2, 0.25) is 0 Å². The van der Waals surface area contributed by atoms with Gasteiger partial charge in [0.25, 0.3) is 0 Å². The van der Waals surface area contributed by atoms with Crippen molar-refractivity contribution in [2.75, 3.05) is 0 Å². The highest BCUT2D eigenvalue weighted by Gasteiger charge is 2.45. The van der Waals surface area contributed by atoms with Crippen LogP contribution in [0.25, 0.3) is 6.08 Å². The molecule has 0 aliphatic heterocycles. The van der Waals surface area contributed by atoms with Crippen LogP contribution < -0.4 is 0 Å². The van der Waals surface area contributed by atoms with Crippen molar-refractivity contribution in [2.24, 2.45) is 11.3 Å². The Hall–Kier alpha value is -1.81. The minimum absolute atomic E-state index is 0.315. The second kappa shape index (κ2) is 4.14. The summed E-state index contributed by atoms with van der Waals surface area (Å²) in [6, 6.07) is 11.1. The second-order valence-electron chi connectivity index (χ2n) is 5.43. The third kappa shape index (κ3) is 1.53. The summed E-state index contributed by atoms with van der Waals surface area (Å²) < 4.78 is 0. The Bertz CT molecular complexity index is 561. The van der Waals surface area contributed by atoms with E-state index in [-0.39, 0.29) is 5.41 Å². The lowest BCUT2D eigenvalue weighted by molar-refractivity contribution is 0.347. The Labute approximate surface area is 108 Å². The van der Waals surface area contributed by atoms with E-state index in [1.807, 2.05) is 0 Å². The van der Waals surface area contributed by atoms with Crippen LogP contribution in [0.3, 0.4) is 0 Å². The Morgan fingerprint density at radius 3 is 2.94 bits per heavy atom. The third-order valence-corrected chi connectivity index (χ3v) is 4.58. The molecule has 0 amide bonds. The van der Waals surface area contributed by atoms with Gasteiger partial charge in [-0.15, -0.1) is 0 Å². The number of allylic oxidation sites excluding steroid dienone is 2. The smallest absolute Gasteiger partial charge is 0.0847 e. The molecule has 1 aromatic rings. The van der Waals surface area contributed by atoms with Gasteiger partial charge in [0.1, 0.15) is 0 Å². The number of benzene rings is 1. The Kier molecular flexibility index (Phi) is 2.59. The monoisotopic (exact) mass is 235 g/mol. The maximum atomic E-state index is 9.64. The zero-order chi connectivity index (χ0) is 12.6. The molecule has 1 nitrogen and oxygen atoms in total. The van der Waals surface area contributed by atoms with Gasteiger partial charge in [-0.1, -0.05) is 49.4 Å². The molecule has 0 N–H and O–H groups in total. The molecule has 3 rings (SSSR count). The molecule has 0 bridgehead atoms. The van der Waals surface area contributed by atoms with Crippen LogP contribution in [0.15, 0.2) is 42.5 Å². The van der Waals surface area contributed by atoms with E-state index in [9.17, 15) is 5.26 Å². The molecule has 0 saturated heterocycles. The van der Waals surface area contributed by atoms with Crippen LogP contribution in [0.4, 0.5) is 0 Å². The lowest BCUT2D eigenvalue weighted by Crippen LogP contribution is -2.27. The normalized spacial score (nSPS) is 31.7. The van der Waals surface area contributed by atoms with Gasteiger partial charge in [-0.3, -0.25) is 0 Å². The van der Waals surface area contributed by atoms with Crippen LogP contribution in [-0.4, -0.2) is 0 Å². The average Bonchev–Trinajstić information content (AvgIpc) is 2.79. The van der Waals surface area contributed by atoms with Crippen LogP contribution >= 0.6 is 0 Å². The minimum Gasteiger partial charge on any atom is -0.197 e. The zero-order valence-electron chi connectivity index (χ0n) is 10.5. The van der Waals surface area contributed by atoms with Crippen LogP contribution in [0, 0.1) is 22.7 Å². The standard InChI is InChI=1S/C17H17N/c1-13-8-9-14-5-2-3-6-15(14)11-16-7-4-10-17(13,16)12-18/h2-3,5-6,8-9,16H,1,4,7,10-11H2/b9-8-. The first kappa shape index (κ1) is 11.3. The molecule has 0 spiro atoms. The zero-order valence-corrected chi connectivity index (χ0v) is 10.5. The molecule has 0 heterocycles. The van der Waals surface area contributed by atoms with E-state index in [0.29, 0.717) is 5.92 Å². The van der Waals surface area contributed by atoms with Gasteiger partial charge < -0.3 is 0 Å². The fraction of sp³-hybridized carbons (Fsp3) is 0.353. The third-order valence-electron chi connectivity index (χ3n) is 4.58. The van der Waals surface area contributed by atoms with Crippen molar-refractivity contribution in [1.82, 2.24) is 0 Å². The molecule has 90 valence electrons. The van der Waals surface area contributed by atoms with E-state index >= 15 is 0 Å². The van der Waals surface area contributed by atoms with Gasteiger partial charge in [0.15, 0.2) is 0 Å². The summed E-state index contributed by atoms with van der Waals surface area (Å²) in [4.78, 5) is 0. The minimum atomic E-state index is -0.315. The molecule has 1 aromatic carbocycles. The van der Waals surface area contributed by atoms with Crippen molar-refractivity contribution in [3.63, 3.8) is 0 Å². The fourth-order valence-corrected chi connectivity index (χ4v) is 3.48. The highest BCUT2D eigenvalue weighted by molar-refractivity contribution is 5.59. The number of hydrogen-bond donors (Lipinski definition) is 0. The first-order valence-corrected chi connectivity index (χ1v) is 6.63. The van der Waals surface area contributed by atoms with Gasteiger partial charge in [0, 0.05) is 0 Å². The molecule has 0 aromatic heterocycles. The molecular formula is C17H17N. The van der Waals surface area contributed by atoms with Crippen molar-refractivity contribution < 1.29 is 0 Å². The van der Waals surface area contributed by atoms with E-state index in [1.165, 1.54) is 11.1 Å². The van der Waals surface area contributed by atoms with E-state index in [0.717, 1.165) is 31.3 Å². The molecule has 18 heavy (non-hydrogen) atoms. The number of nitrogens with zero attached hydrogens (tertiary/aromatic N) is 1. The molecule has 2 aliphatic carbocycles. The van der Waals surface area contributed by atoms with Gasteiger partial charge in [-0.05, 0) is 41.9 Å². The van der Waals surface area contributed by atoms with E-state index in [4.69, 9.17) is 0 Å². The van der Waals surface area contributed by atoms with E-state index in [2.05, 4.69) is 49.1 Å². The van der Waals surface area contributed by atoms with E-state index in [1.54, 1.807) is 0 Å². The first-order valence-electron chi connectivity index (χ1n) is 6.63. The number of fused-ring (bicyclic) bond motifs is 2.